The molecule has 1 heterocycles. The zero-order valence-electron chi connectivity index (χ0n) is 23.1. The number of halogens is 1. The molecule has 0 bridgehead atoms. The first-order valence-corrected chi connectivity index (χ1v) is 14.2. The lowest BCUT2D eigenvalue weighted by atomic mass is 9.84. The van der Waals surface area contributed by atoms with Gasteiger partial charge in [0, 0.05) is 16.3 Å². The summed E-state index contributed by atoms with van der Waals surface area (Å²) in [5.41, 5.74) is 4.26. The molecule has 2 amide bonds. The maximum Gasteiger partial charge on any atom is 0.270 e. The van der Waals surface area contributed by atoms with E-state index < -0.39 is 6.10 Å². The number of hydrogen-bond acceptors (Lipinski definition) is 6. The Morgan fingerprint density at radius 2 is 1.78 bits per heavy atom. The van der Waals surface area contributed by atoms with Gasteiger partial charge in [-0.15, -0.1) is 5.10 Å². The summed E-state index contributed by atoms with van der Waals surface area (Å²) in [6.07, 6.45) is 5.50. The number of carbonyl (C=O) groups excluding carboxylic acids is 2. The fraction of sp³-hybridized carbons (Fsp3) is 0.323. The molecule has 1 aromatic heterocycles. The minimum absolute atomic E-state index is 0.0948. The number of amides is 2. The molecular weight excluding hydrogens is 540 g/mol. The number of nitrogens with zero attached hydrogens (tertiary/aromatic N) is 4. The lowest BCUT2D eigenvalue weighted by molar-refractivity contribution is -0.124. The van der Waals surface area contributed by atoms with E-state index in [1.807, 2.05) is 37.3 Å². The average Bonchev–Trinajstić information content (AvgIpc) is 3.51. The zero-order chi connectivity index (χ0) is 28.8. The van der Waals surface area contributed by atoms with Crippen LogP contribution in [0.5, 0.6) is 5.75 Å². The van der Waals surface area contributed by atoms with E-state index in [1.165, 1.54) is 37.7 Å². The summed E-state index contributed by atoms with van der Waals surface area (Å²) in [6, 6.07) is 20.7. The number of aromatic amines is 1. The van der Waals surface area contributed by atoms with E-state index in [0.717, 1.165) is 16.8 Å². The Hall–Kier alpha value is -4.24. The van der Waals surface area contributed by atoms with Crippen molar-refractivity contribution in [1.82, 2.24) is 20.6 Å². The number of hydrogen-bond donors (Lipinski definition) is 2. The summed E-state index contributed by atoms with van der Waals surface area (Å²) in [4.78, 5) is 28.1. The normalized spacial score (nSPS) is 14.3. The highest BCUT2D eigenvalue weighted by Crippen LogP contribution is 2.34. The molecule has 1 aliphatic carbocycles. The molecular formula is C31H33ClN6O3. The number of benzene rings is 3. The van der Waals surface area contributed by atoms with Crippen LogP contribution in [0.25, 0.3) is 0 Å². The highest BCUT2D eigenvalue weighted by molar-refractivity contribution is 6.30. The van der Waals surface area contributed by atoms with Gasteiger partial charge >= 0.3 is 0 Å². The largest absolute Gasteiger partial charge is 0.481 e. The highest BCUT2D eigenvalue weighted by atomic mass is 35.5. The van der Waals surface area contributed by atoms with Crippen molar-refractivity contribution in [2.45, 2.75) is 64.5 Å². The van der Waals surface area contributed by atoms with Gasteiger partial charge in [-0.05, 0) is 97.0 Å². The summed E-state index contributed by atoms with van der Waals surface area (Å²) in [5.74, 6) is 0.744. The lowest BCUT2D eigenvalue weighted by Gasteiger charge is -2.28. The van der Waals surface area contributed by atoms with E-state index in [0.29, 0.717) is 28.8 Å². The van der Waals surface area contributed by atoms with Crippen LogP contribution in [0.2, 0.25) is 5.02 Å². The van der Waals surface area contributed by atoms with E-state index in [9.17, 15) is 9.59 Å². The molecule has 4 aromatic rings. The fourth-order valence-corrected chi connectivity index (χ4v) is 5.42. The van der Waals surface area contributed by atoms with Crippen LogP contribution in [0.3, 0.4) is 0 Å². The monoisotopic (exact) mass is 572 g/mol. The van der Waals surface area contributed by atoms with E-state index in [-0.39, 0.29) is 17.8 Å². The molecule has 0 aliphatic heterocycles. The summed E-state index contributed by atoms with van der Waals surface area (Å²) >= 11 is 6.11. The molecule has 41 heavy (non-hydrogen) atoms. The molecule has 1 aliphatic rings. The third kappa shape index (κ3) is 7.10. The second-order valence-corrected chi connectivity index (χ2v) is 10.8. The van der Waals surface area contributed by atoms with Crippen LogP contribution < -0.4 is 15.0 Å². The standard InChI is InChI=1S/C31H33ClN6O3/c1-20-18-26(32)14-17-28(20)41-21(2)30(40)38(27-15-12-24(13-16-27)23-6-4-3-5-7-23)19-22-8-10-25(11-9-22)29(39)33-31-34-36-37-35-31/h8-18,21,23H,3-7,19H2,1-2H3,(H2,33,34,35,36,37,39). The molecule has 5 rings (SSSR count). The van der Waals surface area contributed by atoms with Crippen molar-refractivity contribution in [2.75, 3.05) is 10.2 Å². The minimum atomic E-state index is -0.743. The molecule has 9 nitrogen and oxygen atoms in total. The quantitative estimate of drug-likeness (QED) is 0.238. The van der Waals surface area contributed by atoms with Gasteiger partial charge in [0.05, 0.1) is 6.54 Å². The van der Waals surface area contributed by atoms with Crippen LogP contribution in [-0.2, 0) is 11.3 Å². The number of nitrogens with one attached hydrogen (secondary N) is 2. The zero-order valence-corrected chi connectivity index (χ0v) is 23.9. The predicted octanol–water partition coefficient (Wildman–Crippen LogP) is 6.46. The Bertz CT molecular complexity index is 1470. The first-order chi connectivity index (χ1) is 19.9. The topological polar surface area (TPSA) is 113 Å². The van der Waals surface area contributed by atoms with Gasteiger partial charge in [-0.2, -0.15) is 5.21 Å². The Morgan fingerprint density at radius 3 is 2.44 bits per heavy atom. The van der Waals surface area contributed by atoms with Crippen LogP contribution in [0.15, 0.2) is 66.7 Å². The van der Waals surface area contributed by atoms with Gasteiger partial charge in [-0.25, -0.2) is 0 Å². The van der Waals surface area contributed by atoms with Crippen molar-refractivity contribution in [3.63, 3.8) is 0 Å². The smallest absolute Gasteiger partial charge is 0.270 e. The molecule has 1 saturated carbocycles. The van der Waals surface area contributed by atoms with Crippen molar-refractivity contribution < 1.29 is 14.3 Å². The van der Waals surface area contributed by atoms with Crippen LogP contribution in [0.4, 0.5) is 11.6 Å². The van der Waals surface area contributed by atoms with E-state index in [2.05, 4.69) is 38.1 Å². The molecule has 0 spiro atoms. The van der Waals surface area contributed by atoms with E-state index in [4.69, 9.17) is 16.3 Å². The maximum atomic E-state index is 13.9. The SMILES string of the molecule is Cc1cc(Cl)ccc1OC(C)C(=O)N(Cc1ccc(C(=O)Nc2nn[nH]n2)cc1)c1ccc(C2CCCCC2)cc1. The summed E-state index contributed by atoms with van der Waals surface area (Å²) in [7, 11) is 0. The van der Waals surface area contributed by atoms with Gasteiger partial charge in [0.25, 0.3) is 17.8 Å². The molecule has 2 N–H and O–H groups in total. The van der Waals surface area contributed by atoms with Gasteiger partial charge in [0.15, 0.2) is 6.10 Å². The van der Waals surface area contributed by atoms with Crippen molar-refractivity contribution in [1.29, 1.82) is 0 Å². The predicted molar refractivity (Wildman–Crippen MR) is 158 cm³/mol. The molecule has 0 saturated heterocycles. The molecule has 1 unspecified atom stereocenters. The molecule has 0 radical (unpaired) electrons. The summed E-state index contributed by atoms with van der Waals surface area (Å²) in [5, 5.41) is 16.4. The number of carbonyl (C=O) groups is 2. The third-order valence-corrected chi connectivity index (χ3v) is 7.70. The number of ether oxygens (including phenoxy) is 1. The lowest BCUT2D eigenvalue weighted by Crippen LogP contribution is -2.40. The average molecular weight is 573 g/mol. The summed E-state index contributed by atoms with van der Waals surface area (Å²) < 4.78 is 6.10. The Kier molecular flexibility index (Phi) is 8.94. The second kappa shape index (κ2) is 13.0. The molecule has 1 atom stereocenters. The Balaban J connectivity index is 1.36. The maximum absolute atomic E-state index is 13.9. The summed E-state index contributed by atoms with van der Waals surface area (Å²) in [6.45, 7) is 3.96. The van der Waals surface area contributed by atoms with Crippen molar-refractivity contribution in [3.8, 4) is 5.75 Å². The Morgan fingerprint density at radius 1 is 1.05 bits per heavy atom. The first-order valence-electron chi connectivity index (χ1n) is 13.9. The molecule has 10 heteroatoms. The van der Waals surface area contributed by atoms with Gasteiger partial charge in [0.1, 0.15) is 5.75 Å². The second-order valence-electron chi connectivity index (χ2n) is 10.4. The van der Waals surface area contributed by atoms with Gasteiger partial charge in [0.2, 0.25) is 0 Å². The fourth-order valence-electron chi connectivity index (χ4n) is 5.20. The van der Waals surface area contributed by atoms with Gasteiger partial charge < -0.3 is 9.64 Å². The number of anilines is 2. The van der Waals surface area contributed by atoms with Gasteiger partial charge in [-0.3, -0.25) is 14.9 Å². The third-order valence-electron chi connectivity index (χ3n) is 7.46. The van der Waals surface area contributed by atoms with Crippen molar-refractivity contribution in [2.24, 2.45) is 0 Å². The van der Waals surface area contributed by atoms with Crippen LogP contribution in [0, 0.1) is 6.92 Å². The Labute approximate surface area is 244 Å². The molecule has 212 valence electrons. The number of aryl methyl sites for hydroxylation is 1. The molecule has 3 aromatic carbocycles. The number of tetrazole rings is 1. The van der Waals surface area contributed by atoms with Crippen LogP contribution >= 0.6 is 11.6 Å². The molecule has 1 fully saturated rings. The van der Waals surface area contributed by atoms with E-state index in [1.54, 1.807) is 36.1 Å². The van der Waals surface area contributed by atoms with Gasteiger partial charge in [-0.1, -0.05) is 60.2 Å². The van der Waals surface area contributed by atoms with E-state index >= 15 is 0 Å². The highest BCUT2D eigenvalue weighted by Gasteiger charge is 2.25. The number of rotatable bonds is 9. The first kappa shape index (κ1) is 28.3. The number of H-pyrrole nitrogens is 1. The number of aromatic nitrogens is 4. The van der Waals surface area contributed by atoms with Crippen LogP contribution in [-0.4, -0.2) is 38.5 Å². The minimum Gasteiger partial charge on any atom is -0.481 e. The van der Waals surface area contributed by atoms with Crippen molar-refractivity contribution in [3.05, 3.63) is 94.0 Å². The van der Waals surface area contributed by atoms with Crippen molar-refractivity contribution >= 4 is 35.1 Å². The van der Waals surface area contributed by atoms with Crippen LogP contribution in [0.1, 0.15) is 72.0 Å².